The van der Waals surface area contributed by atoms with Gasteiger partial charge in [0.2, 0.25) is 0 Å². The van der Waals surface area contributed by atoms with Gasteiger partial charge in [-0.15, -0.1) is 0 Å². The zero-order valence-electron chi connectivity index (χ0n) is 17.7. The average Bonchev–Trinajstić information content (AvgIpc) is 3.40. The molecule has 0 bridgehead atoms. The molecule has 3 aromatic heterocycles. The minimum absolute atomic E-state index is 0.695. The number of fused-ring (bicyclic) bond motifs is 3. The van der Waals surface area contributed by atoms with Gasteiger partial charge >= 0.3 is 0 Å². The van der Waals surface area contributed by atoms with Crippen molar-refractivity contribution >= 4 is 23.3 Å². The molecule has 0 unspecified atom stereocenters. The zero-order valence-corrected chi connectivity index (χ0v) is 18.4. The molecule has 0 N–H and O–H groups in total. The number of aromatic nitrogens is 4. The van der Waals surface area contributed by atoms with Crippen LogP contribution in [0.2, 0.25) is 5.02 Å². The van der Waals surface area contributed by atoms with Gasteiger partial charge in [0.25, 0.3) is 0 Å². The van der Waals surface area contributed by atoms with Gasteiger partial charge < -0.3 is 0 Å². The summed E-state index contributed by atoms with van der Waals surface area (Å²) in [6.07, 6.45) is 7.94. The molecule has 0 radical (unpaired) electrons. The lowest BCUT2D eigenvalue weighted by molar-refractivity contribution is 0.689. The van der Waals surface area contributed by atoms with Gasteiger partial charge in [0.1, 0.15) is 0 Å². The van der Waals surface area contributed by atoms with E-state index in [1.54, 1.807) is 0 Å². The molecule has 5 aromatic rings. The number of rotatable bonds is 4. The first kappa shape index (κ1) is 19.6. The third-order valence-corrected chi connectivity index (χ3v) is 6.07. The van der Waals surface area contributed by atoms with Crippen LogP contribution in [0.4, 0.5) is 0 Å². The van der Waals surface area contributed by atoms with Crippen LogP contribution in [0.15, 0.2) is 97.5 Å². The maximum Gasteiger partial charge on any atom is 0.0995 e. The van der Waals surface area contributed by atoms with Crippen molar-refractivity contribution in [2.45, 2.75) is 6.54 Å². The first-order valence-electron chi connectivity index (χ1n) is 10.8. The Morgan fingerprint density at radius 1 is 0.727 bits per heavy atom. The lowest BCUT2D eigenvalue weighted by Crippen LogP contribution is -1.99. The van der Waals surface area contributed by atoms with E-state index in [1.807, 2.05) is 71.7 Å². The van der Waals surface area contributed by atoms with Gasteiger partial charge in [-0.1, -0.05) is 66.2 Å². The molecule has 1 aliphatic carbocycles. The van der Waals surface area contributed by atoms with E-state index >= 15 is 0 Å². The van der Waals surface area contributed by atoms with E-state index in [0.29, 0.717) is 11.6 Å². The van der Waals surface area contributed by atoms with E-state index in [0.717, 1.165) is 44.9 Å². The quantitative estimate of drug-likeness (QED) is 0.306. The molecule has 0 aliphatic heterocycles. The molecule has 0 spiro atoms. The molecule has 6 rings (SSSR count). The van der Waals surface area contributed by atoms with Crippen LogP contribution >= 0.6 is 11.6 Å². The second kappa shape index (κ2) is 8.15. The number of benzene rings is 2. The monoisotopic (exact) mass is 446 g/mol. The highest BCUT2D eigenvalue weighted by atomic mass is 35.5. The van der Waals surface area contributed by atoms with E-state index < -0.39 is 0 Å². The lowest BCUT2D eigenvalue weighted by atomic mass is 10.0. The first-order valence-corrected chi connectivity index (χ1v) is 11.1. The third kappa shape index (κ3) is 3.65. The Hall–Kier alpha value is -4.02. The Balaban J connectivity index is 1.51. The highest BCUT2D eigenvalue weighted by Crippen LogP contribution is 2.43. The van der Waals surface area contributed by atoms with Gasteiger partial charge in [0.05, 0.1) is 23.6 Å². The van der Waals surface area contributed by atoms with Gasteiger partial charge in [-0.3, -0.25) is 14.6 Å². The van der Waals surface area contributed by atoms with Gasteiger partial charge in [0.15, 0.2) is 0 Å². The Morgan fingerprint density at radius 2 is 1.39 bits per heavy atom. The summed E-state index contributed by atoms with van der Waals surface area (Å²) in [4.78, 5) is 9.21. The van der Waals surface area contributed by atoms with Crippen LogP contribution in [0, 0.1) is 0 Å². The van der Waals surface area contributed by atoms with Gasteiger partial charge in [-0.05, 0) is 41.5 Å². The van der Waals surface area contributed by atoms with Crippen LogP contribution in [-0.4, -0.2) is 19.7 Å². The summed E-state index contributed by atoms with van der Waals surface area (Å²) in [7, 11) is 0. The molecule has 0 amide bonds. The Morgan fingerprint density at radius 3 is 2.06 bits per heavy atom. The number of hydrogen-bond acceptors (Lipinski definition) is 3. The fraction of sp³-hybridized carbons (Fsp3) is 0.0357. The molecule has 158 valence electrons. The van der Waals surface area contributed by atoms with Gasteiger partial charge in [0, 0.05) is 45.9 Å². The summed E-state index contributed by atoms with van der Waals surface area (Å²) >= 11 is 6.15. The maximum absolute atomic E-state index is 6.15. The Labute approximate surface area is 196 Å². The number of hydrogen-bond donors (Lipinski definition) is 0. The molecular weight excluding hydrogens is 428 g/mol. The van der Waals surface area contributed by atoms with Crippen molar-refractivity contribution in [2.75, 3.05) is 0 Å². The molecule has 5 heteroatoms. The summed E-state index contributed by atoms with van der Waals surface area (Å²) in [5.74, 6) is 0. The molecule has 33 heavy (non-hydrogen) atoms. The molecule has 0 atom stereocenters. The summed E-state index contributed by atoms with van der Waals surface area (Å²) in [5.41, 5.74) is 9.30. The molecular formula is C28H19ClN4. The second-order valence-corrected chi connectivity index (χ2v) is 8.42. The summed E-state index contributed by atoms with van der Waals surface area (Å²) in [6.45, 7) is 0.695. The number of pyridine rings is 2. The second-order valence-electron chi connectivity index (χ2n) is 7.98. The summed E-state index contributed by atoms with van der Waals surface area (Å²) in [5, 5.41) is 5.66. The van der Waals surface area contributed by atoms with Crippen LogP contribution in [-0.2, 0) is 6.54 Å². The molecule has 3 heterocycles. The molecule has 1 aliphatic rings. The topological polar surface area (TPSA) is 43.6 Å². The molecule has 4 nitrogen and oxygen atoms in total. The van der Waals surface area contributed by atoms with Crippen LogP contribution in [0.1, 0.15) is 22.3 Å². The Bertz CT molecular complexity index is 1440. The van der Waals surface area contributed by atoms with Crippen molar-refractivity contribution in [3.8, 4) is 22.6 Å². The van der Waals surface area contributed by atoms with E-state index in [1.165, 1.54) is 5.56 Å². The minimum Gasteiger partial charge on any atom is -0.267 e. The van der Waals surface area contributed by atoms with Crippen molar-refractivity contribution in [1.29, 1.82) is 0 Å². The Kier molecular flexibility index (Phi) is 4.85. The molecule has 0 fully saturated rings. The van der Waals surface area contributed by atoms with Crippen LogP contribution in [0.25, 0.3) is 34.3 Å². The predicted octanol–water partition coefficient (Wildman–Crippen LogP) is 6.61. The van der Waals surface area contributed by atoms with Crippen molar-refractivity contribution < 1.29 is 0 Å². The van der Waals surface area contributed by atoms with E-state index in [2.05, 4.69) is 46.5 Å². The molecule has 0 saturated heterocycles. The summed E-state index contributed by atoms with van der Waals surface area (Å²) in [6, 6.07) is 26.3. The molecule has 2 aromatic carbocycles. The predicted molar refractivity (Wildman–Crippen MR) is 133 cm³/mol. The first-order chi connectivity index (χ1) is 16.3. The largest absolute Gasteiger partial charge is 0.267 e. The zero-order chi connectivity index (χ0) is 22.2. The number of halogens is 1. The molecule has 0 saturated carbocycles. The van der Waals surface area contributed by atoms with Crippen LogP contribution in [0.5, 0.6) is 0 Å². The van der Waals surface area contributed by atoms with E-state index in [4.69, 9.17) is 16.7 Å². The van der Waals surface area contributed by atoms with Crippen molar-refractivity contribution in [3.63, 3.8) is 0 Å². The van der Waals surface area contributed by atoms with Crippen LogP contribution in [0.3, 0.4) is 0 Å². The highest BCUT2D eigenvalue weighted by Gasteiger charge is 2.26. The minimum atomic E-state index is 0.695. The highest BCUT2D eigenvalue weighted by molar-refractivity contribution is 6.30. The fourth-order valence-corrected chi connectivity index (χ4v) is 4.43. The summed E-state index contributed by atoms with van der Waals surface area (Å²) < 4.78 is 1.99. The van der Waals surface area contributed by atoms with Gasteiger partial charge in [-0.25, -0.2) is 0 Å². The van der Waals surface area contributed by atoms with E-state index in [9.17, 15) is 0 Å². The third-order valence-electron chi connectivity index (χ3n) is 5.81. The lowest BCUT2D eigenvalue weighted by Gasteiger charge is -2.03. The number of nitrogens with zero attached hydrogens (tertiary/aromatic N) is 4. The standard InChI is InChI=1S/C28H19ClN4/c29-22-12-10-20(11-13-22)26-21(18-33(32-26)17-19-6-2-1-3-7-19)16-25-23-8-4-14-30-27(23)28-24(25)9-5-15-31-28/h1-16,18H,17H2. The smallest absolute Gasteiger partial charge is 0.0995 e. The normalized spacial score (nSPS) is 11.8. The van der Waals surface area contributed by atoms with Crippen LogP contribution < -0.4 is 0 Å². The van der Waals surface area contributed by atoms with Crippen molar-refractivity contribution in [1.82, 2.24) is 19.7 Å². The average molecular weight is 447 g/mol. The fourth-order valence-electron chi connectivity index (χ4n) is 4.30. The van der Waals surface area contributed by atoms with Crippen molar-refractivity contribution in [2.24, 2.45) is 0 Å². The van der Waals surface area contributed by atoms with Gasteiger partial charge in [-0.2, -0.15) is 5.10 Å². The van der Waals surface area contributed by atoms with Crippen molar-refractivity contribution in [3.05, 3.63) is 125 Å². The SMILES string of the molecule is Clc1ccc(-c2nn(Cc3ccccc3)cc2C=C2c3cccnc3-c3ncccc32)cc1. The maximum atomic E-state index is 6.15. The van der Waals surface area contributed by atoms with E-state index in [-0.39, 0.29) is 0 Å².